The van der Waals surface area contributed by atoms with Gasteiger partial charge in [0.2, 0.25) is 5.91 Å². The molecule has 4 rings (SSSR count). The lowest BCUT2D eigenvalue weighted by Gasteiger charge is -2.00. The van der Waals surface area contributed by atoms with E-state index in [0.29, 0.717) is 5.13 Å². The number of nitrogens with one attached hydrogen (secondary N) is 1. The van der Waals surface area contributed by atoms with Gasteiger partial charge in [0.25, 0.3) is 0 Å². The third kappa shape index (κ3) is 3.91. The summed E-state index contributed by atoms with van der Waals surface area (Å²) < 4.78 is 1.08. The maximum atomic E-state index is 12.4. The number of nitrogens with zero attached hydrogens (tertiary/aromatic N) is 2. The second kappa shape index (κ2) is 7.58. The van der Waals surface area contributed by atoms with E-state index in [1.54, 1.807) is 11.3 Å². The van der Waals surface area contributed by atoms with Crippen LogP contribution in [0.4, 0.5) is 5.13 Å². The van der Waals surface area contributed by atoms with E-state index in [-0.39, 0.29) is 12.3 Å². The van der Waals surface area contributed by atoms with Crippen LogP contribution in [0.25, 0.3) is 20.8 Å². The second-order valence-corrected chi connectivity index (χ2v) is 8.25. The van der Waals surface area contributed by atoms with Crippen LogP contribution in [0.3, 0.4) is 0 Å². The molecule has 1 N–H and O–H groups in total. The van der Waals surface area contributed by atoms with Crippen molar-refractivity contribution >= 4 is 43.9 Å². The Morgan fingerprint density at radius 2 is 1.93 bits per heavy atom. The van der Waals surface area contributed by atoms with Crippen molar-refractivity contribution in [2.75, 3.05) is 5.32 Å². The number of rotatable bonds is 5. The maximum absolute atomic E-state index is 12.4. The molecule has 0 saturated heterocycles. The molecule has 0 aliphatic carbocycles. The van der Waals surface area contributed by atoms with E-state index < -0.39 is 0 Å². The fraction of sp³-hybridized carbons (Fsp3) is 0.190. The third-order valence-corrected chi connectivity index (χ3v) is 6.25. The van der Waals surface area contributed by atoms with Gasteiger partial charge in [-0.25, -0.2) is 9.97 Å². The van der Waals surface area contributed by atoms with Gasteiger partial charge in [-0.2, -0.15) is 0 Å². The summed E-state index contributed by atoms with van der Waals surface area (Å²) in [4.78, 5) is 21.5. The summed E-state index contributed by atoms with van der Waals surface area (Å²) in [6.07, 6.45) is 1.27. The van der Waals surface area contributed by atoms with Gasteiger partial charge in [0.05, 0.1) is 22.3 Å². The number of amides is 1. The molecule has 2 aromatic heterocycles. The molecule has 4 aromatic rings. The summed E-state index contributed by atoms with van der Waals surface area (Å²) in [5, 5.41) is 6.43. The molecule has 0 spiro atoms. The van der Waals surface area contributed by atoms with Crippen molar-refractivity contribution in [1.82, 2.24) is 9.97 Å². The van der Waals surface area contributed by atoms with Crippen LogP contribution in [0.5, 0.6) is 0 Å². The van der Waals surface area contributed by atoms with Gasteiger partial charge in [-0.1, -0.05) is 54.7 Å². The number of fused-ring (bicyclic) bond motifs is 1. The van der Waals surface area contributed by atoms with Crippen LogP contribution < -0.4 is 5.32 Å². The van der Waals surface area contributed by atoms with Crippen LogP contribution in [0.1, 0.15) is 23.7 Å². The highest BCUT2D eigenvalue weighted by Crippen LogP contribution is 2.28. The summed E-state index contributed by atoms with van der Waals surface area (Å²) in [7, 11) is 0. The highest BCUT2D eigenvalue weighted by molar-refractivity contribution is 7.22. The first-order valence-electron chi connectivity index (χ1n) is 8.82. The van der Waals surface area contributed by atoms with Crippen molar-refractivity contribution in [3.8, 4) is 10.6 Å². The number of carbonyl (C=O) groups excluding carboxylic acids is 1. The second-order valence-electron chi connectivity index (χ2n) is 6.36. The number of hydrogen-bond acceptors (Lipinski definition) is 5. The Morgan fingerprint density at radius 1 is 1.11 bits per heavy atom. The van der Waals surface area contributed by atoms with Crippen LogP contribution in [-0.4, -0.2) is 15.9 Å². The Hall–Kier alpha value is -2.57. The van der Waals surface area contributed by atoms with Crippen molar-refractivity contribution < 1.29 is 4.79 Å². The van der Waals surface area contributed by atoms with E-state index in [9.17, 15) is 4.79 Å². The fourth-order valence-corrected chi connectivity index (χ4v) is 4.66. The molecule has 1 amide bonds. The number of anilines is 1. The lowest BCUT2D eigenvalue weighted by atomic mass is 10.1. The van der Waals surface area contributed by atoms with Crippen molar-refractivity contribution in [3.63, 3.8) is 0 Å². The molecule has 2 aromatic carbocycles. The topological polar surface area (TPSA) is 54.9 Å². The minimum Gasteiger partial charge on any atom is -0.302 e. The molecule has 0 saturated carbocycles. The molecule has 136 valence electrons. The minimum absolute atomic E-state index is 0.0927. The predicted octanol–water partition coefficient (Wildman–Crippen LogP) is 5.47. The monoisotopic (exact) mass is 393 g/mol. The zero-order valence-corrected chi connectivity index (χ0v) is 16.8. The molecule has 2 heterocycles. The number of thiazole rings is 2. The van der Waals surface area contributed by atoms with E-state index in [2.05, 4.69) is 46.5 Å². The molecule has 0 bridgehead atoms. The average Bonchev–Trinajstić information content (AvgIpc) is 3.29. The number of benzene rings is 2. The van der Waals surface area contributed by atoms with E-state index in [4.69, 9.17) is 0 Å². The average molecular weight is 394 g/mol. The van der Waals surface area contributed by atoms with Crippen molar-refractivity contribution in [1.29, 1.82) is 0 Å². The van der Waals surface area contributed by atoms with Gasteiger partial charge in [0, 0.05) is 10.9 Å². The van der Waals surface area contributed by atoms with E-state index >= 15 is 0 Å². The van der Waals surface area contributed by atoms with E-state index in [1.807, 2.05) is 30.5 Å². The van der Waals surface area contributed by atoms with Gasteiger partial charge in [-0.3, -0.25) is 4.79 Å². The lowest BCUT2D eigenvalue weighted by Crippen LogP contribution is -2.14. The SMILES string of the molecule is CCc1ccc(-c2nc(CC(=O)Nc3nc4c(C)cccc4s3)cs2)cc1. The molecule has 6 heteroatoms. The summed E-state index contributed by atoms with van der Waals surface area (Å²) >= 11 is 3.06. The highest BCUT2D eigenvalue weighted by Gasteiger charge is 2.12. The molecular formula is C21H19N3OS2. The fourth-order valence-electron chi connectivity index (χ4n) is 2.87. The zero-order chi connectivity index (χ0) is 18.8. The Balaban J connectivity index is 1.44. The Bertz CT molecular complexity index is 1100. The molecule has 0 aliphatic heterocycles. The Kier molecular flexibility index (Phi) is 5.01. The first kappa shape index (κ1) is 17.8. The first-order chi connectivity index (χ1) is 13.1. The third-order valence-electron chi connectivity index (χ3n) is 4.37. The number of aryl methyl sites for hydroxylation is 2. The first-order valence-corrected chi connectivity index (χ1v) is 10.5. The van der Waals surface area contributed by atoms with Gasteiger partial charge >= 0.3 is 0 Å². The molecular weight excluding hydrogens is 374 g/mol. The standard InChI is InChI=1S/C21H19N3OS2/c1-3-14-7-9-15(10-8-14)20-22-16(12-26-20)11-18(25)23-21-24-19-13(2)5-4-6-17(19)27-21/h4-10,12H,3,11H2,1-2H3,(H,23,24,25). The normalized spacial score (nSPS) is 11.0. The molecule has 0 atom stereocenters. The minimum atomic E-state index is -0.0927. The van der Waals surface area contributed by atoms with Crippen molar-refractivity contribution in [2.45, 2.75) is 26.7 Å². The Morgan fingerprint density at radius 3 is 2.67 bits per heavy atom. The van der Waals surface area contributed by atoms with Gasteiger partial charge in [-0.15, -0.1) is 11.3 Å². The number of carbonyl (C=O) groups is 1. The van der Waals surface area contributed by atoms with Crippen LogP contribution in [0, 0.1) is 6.92 Å². The molecule has 27 heavy (non-hydrogen) atoms. The summed E-state index contributed by atoms with van der Waals surface area (Å²) in [5.41, 5.74) is 5.24. The van der Waals surface area contributed by atoms with E-state index in [0.717, 1.165) is 38.5 Å². The quantitative estimate of drug-likeness (QED) is 0.489. The molecule has 4 nitrogen and oxygen atoms in total. The predicted molar refractivity (Wildman–Crippen MR) is 114 cm³/mol. The van der Waals surface area contributed by atoms with Crippen LogP contribution in [0.2, 0.25) is 0 Å². The van der Waals surface area contributed by atoms with Crippen LogP contribution in [0.15, 0.2) is 47.8 Å². The smallest absolute Gasteiger partial charge is 0.232 e. The number of para-hydroxylation sites is 1. The molecule has 0 radical (unpaired) electrons. The molecule has 0 unspecified atom stereocenters. The number of hydrogen-bond donors (Lipinski definition) is 1. The highest BCUT2D eigenvalue weighted by atomic mass is 32.1. The summed E-state index contributed by atoms with van der Waals surface area (Å²) in [6.45, 7) is 4.17. The van der Waals surface area contributed by atoms with Gasteiger partial charge < -0.3 is 5.32 Å². The van der Waals surface area contributed by atoms with Gasteiger partial charge in [0.1, 0.15) is 5.01 Å². The number of aromatic nitrogens is 2. The summed E-state index contributed by atoms with van der Waals surface area (Å²) in [5.74, 6) is -0.0927. The lowest BCUT2D eigenvalue weighted by molar-refractivity contribution is -0.115. The molecule has 0 fully saturated rings. The van der Waals surface area contributed by atoms with E-state index in [1.165, 1.54) is 16.9 Å². The van der Waals surface area contributed by atoms with Gasteiger partial charge in [0.15, 0.2) is 5.13 Å². The Labute approximate surface area is 165 Å². The van der Waals surface area contributed by atoms with Crippen LogP contribution >= 0.6 is 22.7 Å². The van der Waals surface area contributed by atoms with Crippen LogP contribution in [-0.2, 0) is 17.6 Å². The molecule has 0 aliphatic rings. The largest absolute Gasteiger partial charge is 0.302 e. The maximum Gasteiger partial charge on any atom is 0.232 e. The van der Waals surface area contributed by atoms with Gasteiger partial charge in [-0.05, 0) is 30.5 Å². The van der Waals surface area contributed by atoms with Crippen molar-refractivity contribution in [3.05, 3.63) is 64.7 Å². The summed E-state index contributed by atoms with van der Waals surface area (Å²) in [6, 6.07) is 14.5. The van der Waals surface area contributed by atoms with Crippen molar-refractivity contribution in [2.24, 2.45) is 0 Å². The zero-order valence-electron chi connectivity index (χ0n) is 15.2.